The van der Waals surface area contributed by atoms with Crippen molar-refractivity contribution in [2.45, 2.75) is 25.9 Å². The van der Waals surface area contributed by atoms with E-state index in [1.54, 1.807) is 0 Å². The Morgan fingerprint density at radius 1 is 1.00 bits per heavy atom. The van der Waals surface area contributed by atoms with E-state index in [4.69, 9.17) is 5.73 Å². The van der Waals surface area contributed by atoms with E-state index in [0.29, 0.717) is 6.04 Å². The number of para-hydroxylation sites is 1. The molecule has 0 heterocycles. The monoisotopic (exact) mass is 240 g/mol. The highest BCUT2D eigenvalue weighted by atomic mass is 14.9. The summed E-state index contributed by atoms with van der Waals surface area (Å²) in [5, 5.41) is 3.56. The molecule has 0 radical (unpaired) electrons. The molecule has 1 unspecified atom stereocenters. The third kappa shape index (κ3) is 3.11. The Morgan fingerprint density at radius 3 is 2.33 bits per heavy atom. The van der Waals surface area contributed by atoms with Crippen LogP contribution in [0.15, 0.2) is 54.6 Å². The van der Waals surface area contributed by atoms with Gasteiger partial charge in [-0.15, -0.1) is 0 Å². The Hall–Kier alpha value is -1.80. The summed E-state index contributed by atoms with van der Waals surface area (Å²) in [4.78, 5) is 0. The van der Waals surface area contributed by atoms with Gasteiger partial charge in [-0.2, -0.15) is 0 Å². The molecule has 0 aliphatic carbocycles. The number of benzene rings is 2. The van der Waals surface area contributed by atoms with Gasteiger partial charge in [-0.25, -0.2) is 0 Å². The number of hydrogen-bond acceptors (Lipinski definition) is 2. The van der Waals surface area contributed by atoms with Crippen molar-refractivity contribution >= 4 is 5.69 Å². The molecule has 0 fully saturated rings. The first-order valence-electron chi connectivity index (χ1n) is 6.43. The molecular formula is C16H20N2. The maximum absolute atomic E-state index is 6.03. The molecule has 0 saturated carbocycles. The average Bonchev–Trinajstić information content (AvgIpc) is 2.42. The van der Waals surface area contributed by atoms with E-state index in [1.807, 2.05) is 24.3 Å². The lowest BCUT2D eigenvalue weighted by Crippen LogP contribution is -2.21. The maximum Gasteiger partial charge on any atom is 0.0362 e. The number of nitrogens with one attached hydrogen (secondary N) is 1. The van der Waals surface area contributed by atoms with Crippen LogP contribution in [0.25, 0.3) is 0 Å². The topological polar surface area (TPSA) is 38.0 Å². The Kier molecular flexibility index (Phi) is 4.37. The molecule has 0 amide bonds. The van der Waals surface area contributed by atoms with Gasteiger partial charge in [0.15, 0.2) is 0 Å². The summed E-state index contributed by atoms with van der Waals surface area (Å²) < 4.78 is 0. The predicted octanol–water partition coefficient (Wildman–Crippen LogP) is 3.51. The van der Waals surface area contributed by atoms with Crippen molar-refractivity contribution < 1.29 is 0 Å². The first-order chi connectivity index (χ1) is 8.81. The lowest BCUT2D eigenvalue weighted by molar-refractivity contribution is 0.520. The van der Waals surface area contributed by atoms with Gasteiger partial charge in [-0.1, -0.05) is 55.5 Å². The molecule has 0 aliphatic rings. The van der Waals surface area contributed by atoms with Crippen LogP contribution in [0.2, 0.25) is 0 Å². The van der Waals surface area contributed by atoms with E-state index < -0.39 is 0 Å². The summed E-state index contributed by atoms with van der Waals surface area (Å²) in [6.45, 7) is 3.04. The summed E-state index contributed by atoms with van der Waals surface area (Å²) in [6.07, 6.45) is 1.03. The van der Waals surface area contributed by atoms with Crippen LogP contribution in [0.4, 0.5) is 5.69 Å². The molecule has 0 spiro atoms. The Labute approximate surface area is 109 Å². The van der Waals surface area contributed by atoms with E-state index in [1.165, 1.54) is 11.1 Å². The van der Waals surface area contributed by atoms with Gasteiger partial charge in [-0.05, 0) is 23.6 Å². The summed E-state index contributed by atoms with van der Waals surface area (Å²) in [6, 6.07) is 18.8. The molecule has 3 N–H and O–H groups in total. The Balaban J connectivity index is 2.04. The maximum atomic E-state index is 6.03. The van der Waals surface area contributed by atoms with Crippen molar-refractivity contribution in [1.29, 1.82) is 0 Å². The number of nitrogen functional groups attached to an aromatic ring is 1. The van der Waals surface area contributed by atoms with Gasteiger partial charge in [0, 0.05) is 18.3 Å². The third-order valence-electron chi connectivity index (χ3n) is 3.18. The van der Waals surface area contributed by atoms with Gasteiger partial charge in [0.05, 0.1) is 0 Å². The molecule has 2 heteroatoms. The van der Waals surface area contributed by atoms with E-state index in [2.05, 4.69) is 42.6 Å². The van der Waals surface area contributed by atoms with Gasteiger partial charge < -0.3 is 11.1 Å². The molecule has 1 atom stereocenters. The zero-order valence-electron chi connectivity index (χ0n) is 10.8. The molecule has 2 aromatic rings. The molecule has 2 nitrogen and oxygen atoms in total. The van der Waals surface area contributed by atoms with Crippen molar-refractivity contribution in [3.05, 3.63) is 65.7 Å². The summed E-state index contributed by atoms with van der Waals surface area (Å²) >= 11 is 0. The third-order valence-corrected chi connectivity index (χ3v) is 3.18. The standard InChI is InChI=1S/C16H20N2/c1-2-16(14-10-6-7-11-15(14)17)18-12-13-8-4-3-5-9-13/h3-11,16,18H,2,12,17H2,1H3. The van der Waals surface area contributed by atoms with Crippen molar-refractivity contribution in [3.8, 4) is 0 Å². The van der Waals surface area contributed by atoms with Crippen LogP contribution < -0.4 is 11.1 Å². The first kappa shape index (κ1) is 12.7. The fraction of sp³-hybridized carbons (Fsp3) is 0.250. The number of anilines is 1. The zero-order valence-corrected chi connectivity index (χ0v) is 10.8. The molecule has 0 aliphatic heterocycles. The smallest absolute Gasteiger partial charge is 0.0362 e. The lowest BCUT2D eigenvalue weighted by Gasteiger charge is -2.19. The van der Waals surface area contributed by atoms with E-state index in [9.17, 15) is 0 Å². The minimum atomic E-state index is 0.311. The van der Waals surface area contributed by atoms with Gasteiger partial charge in [0.1, 0.15) is 0 Å². The second kappa shape index (κ2) is 6.22. The SMILES string of the molecule is CCC(NCc1ccccc1)c1ccccc1N. The van der Waals surface area contributed by atoms with Crippen LogP contribution in [0.5, 0.6) is 0 Å². The van der Waals surface area contributed by atoms with Crippen molar-refractivity contribution in [2.75, 3.05) is 5.73 Å². The quantitative estimate of drug-likeness (QED) is 0.785. The van der Waals surface area contributed by atoms with Crippen molar-refractivity contribution in [3.63, 3.8) is 0 Å². The van der Waals surface area contributed by atoms with Crippen LogP contribution in [-0.4, -0.2) is 0 Å². The van der Waals surface area contributed by atoms with Crippen molar-refractivity contribution in [1.82, 2.24) is 5.32 Å². The highest BCUT2D eigenvalue weighted by Gasteiger charge is 2.10. The van der Waals surface area contributed by atoms with E-state index in [-0.39, 0.29) is 0 Å². The summed E-state index contributed by atoms with van der Waals surface area (Å²) in [5.74, 6) is 0. The Bertz CT molecular complexity index is 479. The number of hydrogen-bond donors (Lipinski definition) is 2. The fourth-order valence-corrected chi connectivity index (χ4v) is 2.14. The van der Waals surface area contributed by atoms with Gasteiger partial charge in [0.2, 0.25) is 0 Å². The lowest BCUT2D eigenvalue weighted by atomic mass is 10.0. The zero-order chi connectivity index (χ0) is 12.8. The van der Waals surface area contributed by atoms with Gasteiger partial charge in [-0.3, -0.25) is 0 Å². The molecule has 0 bridgehead atoms. The van der Waals surface area contributed by atoms with E-state index in [0.717, 1.165) is 18.7 Å². The predicted molar refractivity (Wildman–Crippen MR) is 77.2 cm³/mol. The largest absolute Gasteiger partial charge is 0.398 e. The minimum absolute atomic E-state index is 0.311. The average molecular weight is 240 g/mol. The second-order valence-corrected chi connectivity index (χ2v) is 4.46. The van der Waals surface area contributed by atoms with Crippen LogP contribution in [0.1, 0.15) is 30.5 Å². The van der Waals surface area contributed by atoms with E-state index >= 15 is 0 Å². The summed E-state index contributed by atoms with van der Waals surface area (Å²) in [5.41, 5.74) is 9.38. The molecule has 18 heavy (non-hydrogen) atoms. The van der Waals surface area contributed by atoms with Crippen LogP contribution in [-0.2, 0) is 6.54 Å². The molecule has 0 saturated heterocycles. The highest BCUT2D eigenvalue weighted by molar-refractivity contribution is 5.48. The minimum Gasteiger partial charge on any atom is -0.398 e. The second-order valence-electron chi connectivity index (χ2n) is 4.46. The molecule has 2 rings (SSSR count). The number of nitrogens with two attached hydrogens (primary N) is 1. The van der Waals surface area contributed by atoms with Gasteiger partial charge in [0.25, 0.3) is 0 Å². The van der Waals surface area contributed by atoms with Crippen LogP contribution in [0.3, 0.4) is 0 Å². The molecular weight excluding hydrogens is 220 g/mol. The molecule has 94 valence electrons. The van der Waals surface area contributed by atoms with Crippen molar-refractivity contribution in [2.24, 2.45) is 0 Å². The number of rotatable bonds is 5. The normalized spacial score (nSPS) is 12.3. The van der Waals surface area contributed by atoms with Crippen LogP contribution >= 0.6 is 0 Å². The summed E-state index contributed by atoms with van der Waals surface area (Å²) in [7, 11) is 0. The first-order valence-corrected chi connectivity index (χ1v) is 6.43. The van der Waals surface area contributed by atoms with Crippen LogP contribution in [0, 0.1) is 0 Å². The Morgan fingerprint density at radius 2 is 1.67 bits per heavy atom. The molecule has 0 aromatic heterocycles. The fourth-order valence-electron chi connectivity index (χ4n) is 2.14. The highest BCUT2D eigenvalue weighted by Crippen LogP contribution is 2.22. The van der Waals surface area contributed by atoms with Gasteiger partial charge >= 0.3 is 0 Å². The molecule has 2 aromatic carbocycles.